The Morgan fingerprint density at radius 3 is 2.57 bits per heavy atom. The minimum atomic E-state index is 0.240. The summed E-state index contributed by atoms with van der Waals surface area (Å²) in [5, 5.41) is 0. The second-order valence-corrected chi connectivity index (χ2v) is 4.19. The summed E-state index contributed by atoms with van der Waals surface area (Å²) in [6, 6.07) is 6.34. The van der Waals surface area contributed by atoms with Crippen molar-refractivity contribution in [2.75, 3.05) is 5.75 Å². The van der Waals surface area contributed by atoms with Crippen LogP contribution >= 0.6 is 12.6 Å². The molecule has 1 aromatic rings. The fourth-order valence-corrected chi connectivity index (χ4v) is 1.64. The molecule has 0 amide bonds. The van der Waals surface area contributed by atoms with Crippen LogP contribution < -0.4 is 4.74 Å². The highest BCUT2D eigenvalue weighted by molar-refractivity contribution is 7.80. The molecule has 0 spiro atoms. The molecule has 0 atom stereocenters. The fourth-order valence-electron chi connectivity index (χ4n) is 1.38. The molecule has 1 rings (SSSR count). The highest BCUT2D eigenvalue weighted by Gasteiger charge is 2.02. The van der Waals surface area contributed by atoms with Crippen molar-refractivity contribution < 1.29 is 4.74 Å². The molecule has 78 valence electrons. The first-order valence-corrected chi connectivity index (χ1v) is 5.63. The van der Waals surface area contributed by atoms with E-state index < -0.39 is 0 Å². The first kappa shape index (κ1) is 11.4. The first-order chi connectivity index (χ1) is 6.63. The van der Waals surface area contributed by atoms with Crippen molar-refractivity contribution in [1.82, 2.24) is 0 Å². The summed E-state index contributed by atoms with van der Waals surface area (Å²) in [7, 11) is 0. The molecule has 0 aromatic heterocycles. The van der Waals surface area contributed by atoms with E-state index in [9.17, 15) is 0 Å². The van der Waals surface area contributed by atoms with Crippen LogP contribution in [0.3, 0.4) is 0 Å². The average Bonchev–Trinajstić information content (AvgIpc) is 2.10. The van der Waals surface area contributed by atoms with Crippen molar-refractivity contribution in [3.63, 3.8) is 0 Å². The van der Waals surface area contributed by atoms with Gasteiger partial charge in [-0.3, -0.25) is 0 Å². The van der Waals surface area contributed by atoms with E-state index >= 15 is 0 Å². The number of aryl methyl sites for hydroxylation is 2. The van der Waals surface area contributed by atoms with E-state index in [4.69, 9.17) is 4.74 Å². The molecule has 14 heavy (non-hydrogen) atoms. The summed E-state index contributed by atoms with van der Waals surface area (Å²) in [5.74, 6) is 1.88. The van der Waals surface area contributed by atoms with Crippen LogP contribution in [-0.4, -0.2) is 11.9 Å². The first-order valence-electron chi connectivity index (χ1n) is 5.00. The van der Waals surface area contributed by atoms with Gasteiger partial charge in [0.05, 0.1) is 6.10 Å². The van der Waals surface area contributed by atoms with Gasteiger partial charge in [0.1, 0.15) is 5.75 Å². The predicted octanol–water partition coefficient (Wildman–Crippen LogP) is 3.25. The van der Waals surface area contributed by atoms with E-state index in [1.54, 1.807) is 0 Å². The Labute approximate surface area is 91.9 Å². The summed E-state index contributed by atoms with van der Waals surface area (Å²) in [5.41, 5.74) is 2.53. The predicted molar refractivity (Wildman–Crippen MR) is 64.5 cm³/mol. The Hall–Kier alpha value is -0.630. The van der Waals surface area contributed by atoms with E-state index in [2.05, 4.69) is 31.7 Å². The zero-order chi connectivity index (χ0) is 10.6. The molecule has 1 nitrogen and oxygen atoms in total. The fraction of sp³-hybridized carbons (Fsp3) is 0.500. The molecule has 0 aliphatic carbocycles. The van der Waals surface area contributed by atoms with Crippen LogP contribution in [0, 0.1) is 6.92 Å². The van der Waals surface area contributed by atoms with Gasteiger partial charge in [-0.1, -0.05) is 12.1 Å². The second-order valence-electron chi connectivity index (χ2n) is 3.74. The zero-order valence-electron chi connectivity index (χ0n) is 9.08. The van der Waals surface area contributed by atoms with Gasteiger partial charge in [0.2, 0.25) is 0 Å². The number of rotatable bonds is 4. The largest absolute Gasteiger partial charge is 0.491 e. The quantitative estimate of drug-likeness (QED) is 0.751. The topological polar surface area (TPSA) is 9.23 Å². The summed E-state index contributed by atoms with van der Waals surface area (Å²) in [6.45, 7) is 6.17. The minimum Gasteiger partial charge on any atom is -0.491 e. The lowest BCUT2D eigenvalue weighted by Gasteiger charge is -2.13. The zero-order valence-corrected chi connectivity index (χ0v) is 9.97. The molecule has 0 heterocycles. The molecule has 0 bridgehead atoms. The van der Waals surface area contributed by atoms with Gasteiger partial charge in [-0.2, -0.15) is 12.6 Å². The molecular formula is C12H18OS. The van der Waals surface area contributed by atoms with Gasteiger partial charge in [0.25, 0.3) is 0 Å². The third-order valence-corrected chi connectivity index (χ3v) is 2.23. The number of thiol groups is 1. The van der Waals surface area contributed by atoms with E-state index in [0.29, 0.717) is 0 Å². The van der Waals surface area contributed by atoms with Crippen LogP contribution in [0.25, 0.3) is 0 Å². The average molecular weight is 210 g/mol. The highest BCUT2D eigenvalue weighted by atomic mass is 32.1. The van der Waals surface area contributed by atoms with E-state index in [1.807, 2.05) is 19.9 Å². The number of hydrogen-bond donors (Lipinski definition) is 1. The molecule has 0 saturated carbocycles. The lowest BCUT2D eigenvalue weighted by Crippen LogP contribution is -2.06. The van der Waals surface area contributed by atoms with Crippen molar-refractivity contribution in [2.45, 2.75) is 33.3 Å². The van der Waals surface area contributed by atoms with Crippen LogP contribution in [-0.2, 0) is 6.42 Å². The maximum absolute atomic E-state index is 5.66. The molecule has 0 aliphatic rings. The third-order valence-electron chi connectivity index (χ3n) is 2.00. The van der Waals surface area contributed by atoms with Gasteiger partial charge < -0.3 is 4.74 Å². The Morgan fingerprint density at radius 1 is 1.36 bits per heavy atom. The number of benzene rings is 1. The highest BCUT2D eigenvalue weighted by Crippen LogP contribution is 2.20. The molecule has 0 unspecified atom stereocenters. The molecule has 0 fully saturated rings. The van der Waals surface area contributed by atoms with Gasteiger partial charge in [-0.25, -0.2) is 0 Å². The van der Waals surface area contributed by atoms with Crippen molar-refractivity contribution in [3.05, 3.63) is 29.3 Å². The molecule has 2 heteroatoms. The van der Waals surface area contributed by atoms with E-state index in [0.717, 1.165) is 17.9 Å². The van der Waals surface area contributed by atoms with Crippen molar-refractivity contribution in [1.29, 1.82) is 0 Å². The maximum atomic E-state index is 5.66. The van der Waals surface area contributed by atoms with Gasteiger partial charge in [0, 0.05) is 0 Å². The smallest absolute Gasteiger partial charge is 0.122 e. The van der Waals surface area contributed by atoms with Crippen LogP contribution in [0.2, 0.25) is 0 Å². The van der Waals surface area contributed by atoms with Gasteiger partial charge in [0.15, 0.2) is 0 Å². The molecule has 0 aliphatic heterocycles. The molecule has 0 saturated heterocycles. The van der Waals surface area contributed by atoms with Gasteiger partial charge >= 0.3 is 0 Å². The molecule has 0 radical (unpaired) electrons. The Kier molecular flexibility index (Phi) is 4.33. The van der Waals surface area contributed by atoms with E-state index in [-0.39, 0.29) is 6.10 Å². The van der Waals surface area contributed by atoms with E-state index in [1.165, 1.54) is 11.1 Å². The van der Waals surface area contributed by atoms with Crippen molar-refractivity contribution in [3.8, 4) is 5.75 Å². The monoisotopic (exact) mass is 210 g/mol. The molecular weight excluding hydrogens is 192 g/mol. The molecule has 0 N–H and O–H groups in total. The minimum absolute atomic E-state index is 0.240. The maximum Gasteiger partial charge on any atom is 0.122 e. The van der Waals surface area contributed by atoms with Gasteiger partial charge in [-0.05, 0) is 50.1 Å². The lowest BCUT2D eigenvalue weighted by molar-refractivity contribution is 0.240. The van der Waals surface area contributed by atoms with Crippen LogP contribution in [0.1, 0.15) is 25.0 Å². The summed E-state index contributed by atoms with van der Waals surface area (Å²) in [4.78, 5) is 0. The SMILES string of the molecule is Cc1cc(CCS)ccc1OC(C)C. The lowest BCUT2D eigenvalue weighted by atomic mass is 10.1. The third kappa shape index (κ3) is 3.26. The number of ether oxygens (including phenoxy) is 1. The van der Waals surface area contributed by atoms with Crippen molar-refractivity contribution >= 4 is 12.6 Å². The summed E-state index contributed by atoms with van der Waals surface area (Å²) < 4.78 is 5.66. The normalized spacial score (nSPS) is 10.6. The molecule has 1 aromatic carbocycles. The van der Waals surface area contributed by atoms with Gasteiger partial charge in [-0.15, -0.1) is 0 Å². The Morgan fingerprint density at radius 2 is 2.07 bits per heavy atom. The van der Waals surface area contributed by atoms with Crippen LogP contribution in [0.5, 0.6) is 5.75 Å². The summed E-state index contributed by atoms with van der Waals surface area (Å²) >= 11 is 4.22. The van der Waals surface area contributed by atoms with Crippen LogP contribution in [0.4, 0.5) is 0 Å². The van der Waals surface area contributed by atoms with Crippen molar-refractivity contribution in [2.24, 2.45) is 0 Å². The summed E-state index contributed by atoms with van der Waals surface area (Å²) in [6.07, 6.45) is 1.26. The number of hydrogen-bond acceptors (Lipinski definition) is 2. The Balaban J connectivity index is 2.79. The Bertz CT molecular complexity index is 294. The second kappa shape index (κ2) is 5.30. The van der Waals surface area contributed by atoms with Crippen LogP contribution in [0.15, 0.2) is 18.2 Å². The standard InChI is InChI=1S/C12H18OS/c1-9(2)13-12-5-4-11(6-7-14)8-10(12)3/h4-5,8-9,14H,6-7H2,1-3H3.